The zero-order valence-corrected chi connectivity index (χ0v) is 22.2. The smallest absolute Gasteiger partial charge is 0.332 e. The highest BCUT2D eigenvalue weighted by molar-refractivity contribution is 6.36. The molecule has 1 aliphatic rings. The summed E-state index contributed by atoms with van der Waals surface area (Å²) < 4.78 is 4.35. The summed E-state index contributed by atoms with van der Waals surface area (Å²) in [5.74, 6) is 0.676. The van der Waals surface area contributed by atoms with Crippen molar-refractivity contribution in [3.05, 3.63) is 89.8 Å². The number of anilines is 1. The topological polar surface area (TPSA) is 68.3 Å². The summed E-state index contributed by atoms with van der Waals surface area (Å²) in [6.07, 6.45) is 0. The molecular weight excluding hydrogens is 523 g/mol. The molecule has 36 heavy (non-hydrogen) atoms. The summed E-state index contributed by atoms with van der Waals surface area (Å²) in [6, 6.07) is 13.2. The van der Waals surface area contributed by atoms with Crippen LogP contribution < -0.4 is 16.1 Å². The predicted molar refractivity (Wildman–Crippen MR) is 145 cm³/mol. The molecule has 0 unspecified atom stereocenters. The van der Waals surface area contributed by atoms with Crippen LogP contribution in [0.4, 0.5) is 5.69 Å². The second-order valence-electron chi connectivity index (χ2n) is 8.94. The van der Waals surface area contributed by atoms with Gasteiger partial charge in [-0.25, -0.2) is 9.78 Å². The summed E-state index contributed by atoms with van der Waals surface area (Å²) in [5, 5.41) is 1.73. The summed E-state index contributed by atoms with van der Waals surface area (Å²) in [5.41, 5.74) is 1.67. The molecule has 8 nitrogen and oxygen atoms in total. The number of aryl methyl sites for hydroxylation is 1. The first-order valence-corrected chi connectivity index (χ1v) is 12.7. The minimum atomic E-state index is -0.422. The van der Waals surface area contributed by atoms with Crippen LogP contribution in [0.5, 0.6) is 0 Å². The van der Waals surface area contributed by atoms with E-state index in [0.717, 1.165) is 36.4 Å². The van der Waals surface area contributed by atoms with Crippen molar-refractivity contribution >= 4 is 51.7 Å². The van der Waals surface area contributed by atoms with E-state index in [-0.39, 0.29) is 6.54 Å². The molecule has 2 aromatic carbocycles. The van der Waals surface area contributed by atoms with Gasteiger partial charge >= 0.3 is 5.69 Å². The van der Waals surface area contributed by atoms with Gasteiger partial charge in [-0.3, -0.25) is 18.8 Å². The van der Waals surface area contributed by atoms with E-state index in [1.54, 1.807) is 25.2 Å². The quantitative estimate of drug-likeness (QED) is 0.381. The molecule has 11 heteroatoms. The molecule has 3 heterocycles. The van der Waals surface area contributed by atoms with Crippen LogP contribution in [0.1, 0.15) is 11.4 Å². The number of fused-ring (bicyclic) bond motifs is 1. The number of hydrogen-bond acceptors (Lipinski definition) is 5. The lowest BCUT2D eigenvalue weighted by Crippen LogP contribution is -2.46. The van der Waals surface area contributed by atoms with Gasteiger partial charge in [-0.05, 0) is 30.3 Å². The number of piperazine rings is 1. The molecule has 0 atom stereocenters. The van der Waals surface area contributed by atoms with Gasteiger partial charge in [0, 0.05) is 66.6 Å². The lowest BCUT2D eigenvalue weighted by molar-refractivity contribution is 0.241. The first-order chi connectivity index (χ1) is 17.2. The first-order valence-electron chi connectivity index (χ1n) is 11.6. The largest absolute Gasteiger partial charge is 0.369 e. The molecule has 5 rings (SSSR count). The van der Waals surface area contributed by atoms with Gasteiger partial charge in [-0.2, -0.15) is 0 Å². The maximum absolute atomic E-state index is 13.2. The number of imidazole rings is 1. The zero-order valence-electron chi connectivity index (χ0n) is 19.9. The van der Waals surface area contributed by atoms with Gasteiger partial charge in [0.1, 0.15) is 5.82 Å². The number of nitrogens with zero attached hydrogens (tertiary/aromatic N) is 6. The Kier molecular flexibility index (Phi) is 6.87. The third kappa shape index (κ3) is 4.54. The summed E-state index contributed by atoms with van der Waals surface area (Å²) >= 11 is 19.1. The number of halogens is 3. The average Bonchev–Trinajstić information content (AvgIpc) is 3.22. The Balaban J connectivity index is 1.50. The number of benzene rings is 2. The highest BCUT2D eigenvalue weighted by Crippen LogP contribution is 2.27. The Labute approximate surface area is 222 Å². The van der Waals surface area contributed by atoms with E-state index < -0.39 is 11.2 Å². The fourth-order valence-electron chi connectivity index (χ4n) is 4.66. The molecule has 2 aromatic heterocycles. The maximum atomic E-state index is 13.2. The third-order valence-corrected chi connectivity index (χ3v) is 7.66. The Bertz CT molecular complexity index is 1550. The van der Waals surface area contributed by atoms with Crippen LogP contribution in [0.25, 0.3) is 11.2 Å². The normalized spacial score (nSPS) is 14.6. The Morgan fingerprint density at radius 3 is 2.19 bits per heavy atom. The van der Waals surface area contributed by atoms with Crippen molar-refractivity contribution in [2.45, 2.75) is 13.1 Å². The van der Waals surface area contributed by atoms with E-state index in [1.807, 2.05) is 22.8 Å². The molecule has 0 radical (unpaired) electrons. The van der Waals surface area contributed by atoms with E-state index in [9.17, 15) is 9.59 Å². The SMILES string of the molecule is Cn1c(=O)c2c(nc(CN3CCN(c4cccc(Cl)c4)CC3)n2Cc2c(Cl)cccc2Cl)n(C)c1=O. The van der Waals surface area contributed by atoms with Gasteiger partial charge in [-0.1, -0.05) is 46.9 Å². The van der Waals surface area contributed by atoms with Gasteiger partial charge in [0.05, 0.1) is 13.1 Å². The molecule has 0 saturated carbocycles. The molecule has 1 saturated heterocycles. The molecular formula is C25H25Cl3N6O2. The maximum Gasteiger partial charge on any atom is 0.332 e. The monoisotopic (exact) mass is 546 g/mol. The van der Waals surface area contributed by atoms with Gasteiger partial charge in [0.2, 0.25) is 0 Å². The molecule has 1 fully saturated rings. The highest BCUT2D eigenvalue weighted by Gasteiger charge is 2.24. The number of rotatable bonds is 5. The van der Waals surface area contributed by atoms with E-state index in [4.69, 9.17) is 39.8 Å². The zero-order chi connectivity index (χ0) is 25.6. The van der Waals surface area contributed by atoms with E-state index in [2.05, 4.69) is 15.9 Å². The van der Waals surface area contributed by atoms with Crippen molar-refractivity contribution in [1.82, 2.24) is 23.6 Å². The van der Waals surface area contributed by atoms with Crippen LogP contribution in [0.3, 0.4) is 0 Å². The third-order valence-electron chi connectivity index (χ3n) is 6.72. The van der Waals surface area contributed by atoms with Crippen LogP contribution >= 0.6 is 34.8 Å². The minimum Gasteiger partial charge on any atom is -0.369 e. The molecule has 188 valence electrons. The molecule has 4 aromatic rings. The van der Waals surface area contributed by atoms with Crippen molar-refractivity contribution in [3.63, 3.8) is 0 Å². The molecule has 0 amide bonds. The van der Waals surface area contributed by atoms with Crippen LogP contribution in [-0.2, 0) is 27.2 Å². The second-order valence-corrected chi connectivity index (χ2v) is 10.2. The van der Waals surface area contributed by atoms with Gasteiger partial charge < -0.3 is 9.47 Å². The van der Waals surface area contributed by atoms with E-state index >= 15 is 0 Å². The highest BCUT2D eigenvalue weighted by atomic mass is 35.5. The van der Waals surface area contributed by atoms with Crippen LogP contribution in [0, 0.1) is 0 Å². The van der Waals surface area contributed by atoms with E-state index in [1.165, 1.54) is 11.6 Å². The average molecular weight is 548 g/mol. The first kappa shape index (κ1) is 24.9. The second kappa shape index (κ2) is 9.94. The Morgan fingerprint density at radius 1 is 0.861 bits per heavy atom. The lowest BCUT2D eigenvalue weighted by Gasteiger charge is -2.36. The van der Waals surface area contributed by atoms with Gasteiger partial charge in [0.25, 0.3) is 5.56 Å². The number of aromatic nitrogens is 4. The summed E-state index contributed by atoms with van der Waals surface area (Å²) in [7, 11) is 3.09. The van der Waals surface area contributed by atoms with Crippen LogP contribution in [0.15, 0.2) is 52.1 Å². The van der Waals surface area contributed by atoms with Crippen molar-refractivity contribution in [3.8, 4) is 0 Å². The van der Waals surface area contributed by atoms with Crippen molar-refractivity contribution in [2.24, 2.45) is 14.1 Å². The van der Waals surface area contributed by atoms with E-state index in [0.29, 0.717) is 44.2 Å². The molecule has 1 aliphatic heterocycles. The molecule has 0 aliphatic carbocycles. The van der Waals surface area contributed by atoms with Crippen molar-refractivity contribution in [1.29, 1.82) is 0 Å². The van der Waals surface area contributed by atoms with Crippen LogP contribution in [-0.4, -0.2) is 49.8 Å². The fraction of sp³-hybridized carbons (Fsp3) is 0.320. The Morgan fingerprint density at radius 2 is 1.53 bits per heavy atom. The van der Waals surface area contributed by atoms with Crippen molar-refractivity contribution < 1.29 is 0 Å². The Hall–Kier alpha value is -2.78. The standard InChI is InChI=1S/C25H25Cl3N6O2/c1-30-23-22(24(35)31(2)25(30)36)34(14-18-19(27)7-4-8-20(18)28)21(29-23)15-32-9-11-33(12-10-32)17-6-3-5-16(26)13-17/h3-8,13H,9-12,14-15H2,1-2H3. The summed E-state index contributed by atoms with van der Waals surface area (Å²) in [6.45, 7) is 4.05. The molecule has 0 spiro atoms. The minimum absolute atomic E-state index is 0.264. The number of hydrogen-bond donors (Lipinski definition) is 0. The summed E-state index contributed by atoms with van der Waals surface area (Å²) in [4.78, 5) is 35.1. The fourth-order valence-corrected chi connectivity index (χ4v) is 5.36. The van der Waals surface area contributed by atoms with Gasteiger partial charge in [0.15, 0.2) is 11.2 Å². The van der Waals surface area contributed by atoms with Crippen LogP contribution in [0.2, 0.25) is 15.1 Å². The van der Waals surface area contributed by atoms with Gasteiger partial charge in [-0.15, -0.1) is 0 Å². The predicted octanol–water partition coefficient (Wildman–Crippen LogP) is 3.76. The molecule has 0 N–H and O–H groups in total. The molecule has 0 bridgehead atoms. The van der Waals surface area contributed by atoms with Crippen molar-refractivity contribution in [2.75, 3.05) is 31.1 Å². The lowest BCUT2D eigenvalue weighted by atomic mass is 10.2.